The number of aromatic amines is 1. The van der Waals surface area contributed by atoms with Crippen LogP contribution in [0.1, 0.15) is 44.8 Å². The lowest BCUT2D eigenvalue weighted by Crippen LogP contribution is -2.33. The number of H-pyrrole nitrogens is 1. The highest BCUT2D eigenvalue weighted by Crippen LogP contribution is 2.41. The molecule has 0 spiro atoms. The third kappa shape index (κ3) is 1.89. The smallest absolute Gasteiger partial charge is 0.171 e. The number of Topliss-reactive ketones (excluding diaryl/α,β-unsaturated/α-hetero) is 2. The first kappa shape index (κ1) is 13.9. The molecule has 0 amide bonds. The van der Waals surface area contributed by atoms with Gasteiger partial charge in [0.05, 0.1) is 5.92 Å². The SMILES string of the molecule is Cc1[nH]c2ccccc2c1C1C(=O)c2ccccc2C(=O)C1C. The predicted molar refractivity (Wildman–Crippen MR) is 90.0 cm³/mol. The molecule has 0 aliphatic heterocycles. The number of aromatic nitrogens is 1. The van der Waals surface area contributed by atoms with Gasteiger partial charge in [-0.05, 0) is 18.6 Å². The number of fused-ring (bicyclic) bond motifs is 2. The summed E-state index contributed by atoms with van der Waals surface area (Å²) in [6.45, 7) is 3.84. The zero-order chi connectivity index (χ0) is 16.1. The lowest BCUT2D eigenvalue weighted by molar-refractivity contribution is 0.0803. The van der Waals surface area contributed by atoms with Crippen molar-refractivity contribution in [1.82, 2.24) is 4.98 Å². The summed E-state index contributed by atoms with van der Waals surface area (Å²) in [5.41, 5.74) is 4.03. The fourth-order valence-corrected chi connectivity index (χ4v) is 3.78. The van der Waals surface area contributed by atoms with Crippen LogP contribution in [0.15, 0.2) is 48.5 Å². The lowest BCUT2D eigenvalue weighted by Gasteiger charge is -2.28. The summed E-state index contributed by atoms with van der Waals surface area (Å²) in [6.07, 6.45) is 0. The molecule has 0 saturated carbocycles. The predicted octanol–water partition coefficient (Wildman–Crippen LogP) is 4.28. The van der Waals surface area contributed by atoms with E-state index in [2.05, 4.69) is 4.98 Å². The number of ketones is 2. The minimum absolute atomic E-state index is 0.0422. The molecule has 1 heterocycles. The molecule has 2 atom stereocenters. The summed E-state index contributed by atoms with van der Waals surface area (Å²) >= 11 is 0. The molecule has 0 bridgehead atoms. The number of benzene rings is 2. The van der Waals surface area contributed by atoms with Gasteiger partial charge in [-0.2, -0.15) is 0 Å². The minimum Gasteiger partial charge on any atom is -0.358 e. The Hall–Kier alpha value is -2.68. The summed E-state index contributed by atoms with van der Waals surface area (Å²) in [7, 11) is 0. The Balaban J connectivity index is 1.97. The van der Waals surface area contributed by atoms with Gasteiger partial charge >= 0.3 is 0 Å². The number of nitrogens with one attached hydrogen (secondary N) is 1. The van der Waals surface area contributed by atoms with Gasteiger partial charge in [0.15, 0.2) is 11.6 Å². The maximum atomic E-state index is 13.1. The van der Waals surface area contributed by atoms with E-state index in [0.29, 0.717) is 11.1 Å². The zero-order valence-electron chi connectivity index (χ0n) is 13.1. The zero-order valence-corrected chi connectivity index (χ0v) is 13.1. The van der Waals surface area contributed by atoms with Gasteiger partial charge in [-0.1, -0.05) is 49.4 Å². The van der Waals surface area contributed by atoms with Crippen LogP contribution in [-0.2, 0) is 0 Å². The van der Waals surface area contributed by atoms with Crippen molar-refractivity contribution >= 4 is 22.5 Å². The van der Waals surface area contributed by atoms with Crippen LogP contribution < -0.4 is 0 Å². The largest absolute Gasteiger partial charge is 0.358 e. The molecule has 0 radical (unpaired) electrons. The Kier molecular flexibility index (Phi) is 2.98. The summed E-state index contributed by atoms with van der Waals surface area (Å²) < 4.78 is 0. The highest BCUT2D eigenvalue weighted by atomic mass is 16.1. The molecule has 1 aromatic heterocycles. The number of hydrogen-bond donors (Lipinski definition) is 1. The Labute approximate surface area is 134 Å². The van der Waals surface area contributed by atoms with Crippen molar-refractivity contribution < 1.29 is 9.59 Å². The van der Waals surface area contributed by atoms with Crippen LogP contribution in [0.5, 0.6) is 0 Å². The number of aryl methyl sites for hydroxylation is 1. The lowest BCUT2D eigenvalue weighted by atomic mass is 9.71. The van der Waals surface area contributed by atoms with Gasteiger partial charge in [-0.3, -0.25) is 9.59 Å². The van der Waals surface area contributed by atoms with Crippen LogP contribution in [0.2, 0.25) is 0 Å². The number of carbonyl (C=O) groups is 2. The number of rotatable bonds is 1. The fourth-order valence-electron chi connectivity index (χ4n) is 3.78. The highest BCUT2D eigenvalue weighted by Gasteiger charge is 2.41. The van der Waals surface area contributed by atoms with E-state index in [-0.39, 0.29) is 17.5 Å². The molecule has 1 aliphatic rings. The van der Waals surface area contributed by atoms with Gasteiger partial charge < -0.3 is 4.98 Å². The van der Waals surface area contributed by atoms with E-state index in [0.717, 1.165) is 22.2 Å². The molecule has 23 heavy (non-hydrogen) atoms. The molecule has 2 aromatic carbocycles. The highest BCUT2D eigenvalue weighted by molar-refractivity contribution is 6.18. The molecule has 1 N–H and O–H groups in total. The summed E-state index contributed by atoms with van der Waals surface area (Å²) in [5, 5.41) is 1.03. The van der Waals surface area contributed by atoms with Crippen molar-refractivity contribution in [2.24, 2.45) is 5.92 Å². The fraction of sp³-hybridized carbons (Fsp3) is 0.200. The van der Waals surface area contributed by atoms with Crippen molar-refractivity contribution in [3.63, 3.8) is 0 Å². The van der Waals surface area contributed by atoms with Crippen molar-refractivity contribution in [3.05, 3.63) is 70.9 Å². The standard InChI is InChI=1S/C20H17NO2/c1-11-17(18-12(2)21-16-10-6-5-9-15(16)18)20(23)14-8-4-3-7-13(14)19(11)22/h3-11,17,21H,1-2H3. The van der Waals surface area contributed by atoms with E-state index in [1.165, 1.54) is 0 Å². The summed E-state index contributed by atoms with van der Waals surface area (Å²) in [4.78, 5) is 29.2. The van der Waals surface area contributed by atoms with Gasteiger partial charge in [0.25, 0.3) is 0 Å². The van der Waals surface area contributed by atoms with E-state index < -0.39 is 5.92 Å². The Morgan fingerprint density at radius 1 is 0.870 bits per heavy atom. The molecule has 114 valence electrons. The average Bonchev–Trinajstić information content (AvgIpc) is 2.89. The maximum absolute atomic E-state index is 13.1. The van der Waals surface area contributed by atoms with Gasteiger partial charge in [0, 0.05) is 33.6 Å². The van der Waals surface area contributed by atoms with Crippen LogP contribution >= 0.6 is 0 Å². The van der Waals surface area contributed by atoms with Crippen LogP contribution in [-0.4, -0.2) is 16.6 Å². The Morgan fingerprint density at radius 2 is 1.48 bits per heavy atom. The molecular weight excluding hydrogens is 286 g/mol. The Morgan fingerprint density at radius 3 is 2.22 bits per heavy atom. The first-order chi connectivity index (χ1) is 11.1. The third-order valence-corrected chi connectivity index (χ3v) is 4.91. The van der Waals surface area contributed by atoms with E-state index in [4.69, 9.17) is 0 Å². The van der Waals surface area contributed by atoms with Crippen LogP contribution in [0, 0.1) is 12.8 Å². The second-order valence-electron chi connectivity index (χ2n) is 6.25. The summed E-state index contributed by atoms with van der Waals surface area (Å²) in [5.74, 6) is -0.681. The number of hydrogen-bond acceptors (Lipinski definition) is 2. The van der Waals surface area contributed by atoms with Gasteiger partial charge in [-0.15, -0.1) is 0 Å². The summed E-state index contributed by atoms with van der Waals surface area (Å²) in [6, 6.07) is 15.1. The van der Waals surface area contributed by atoms with Crippen LogP contribution in [0.3, 0.4) is 0 Å². The first-order valence-corrected chi connectivity index (χ1v) is 7.84. The van der Waals surface area contributed by atoms with Gasteiger partial charge in [0.1, 0.15) is 0 Å². The van der Waals surface area contributed by atoms with Crippen molar-refractivity contribution in [2.75, 3.05) is 0 Å². The normalized spacial score (nSPS) is 20.8. The molecule has 0 saturated heterocycles. The topological polar surface area (TPSA) is 49.9 Å². The van der Waals surface area contributed by atoms with Gasteiger partial charge in [0.2, 0.25) is 0 Å². The van der Waals surface area contributed by atoms with E-state index >= 15 is 0 Å². The van der Waals surface area contributed by atoms with Crippen molar-refractivity contribution in [3.8, 4) is 0 Å². The molecule has 0 fully saturated rings. The second-order valence-corrected chi connectivity index (χ2v) is 6.25. The number of carbonyl (C=O) groups excluding carboxylic acids is 2. The maximum Gasteiger partial charge on any atom is 0.171 e. The molecule has 3 nitrogen and oxygen atoms in total. The molecule has 4 rings (SSSR count). The number of para-hydroxylation sites is 1. The molecule has 2 unspecified atom stereocenters. The average molecular weight is 303 g/mol. The Bertz CT molecular complexity index is 951. The van der Waals surface area contributed by atoms with E-state index in [1.807, 2.05) is 50.2 Å². The minimum atomic E-state index is -0.423. The van der Waals surface area contributed by atoms with E-state index in [1.54, 1.807) is 12.1 Å². The molecule has 3 aromatic rings. The van der Waals surface area contributed by atoms with Crippen LogP contribution in [0.4, 0.5) is 0 Å². The molecule has 3 heteroatoms. The molecule has 1 aliphatic carbocycles. The molecular formula is C20H17NO2. The third-order valence-electron chi connectivity index (χ3n) is 4.91. The van der Waals surface area contributed by atoms with Gasteiger partial charge in [-0.25, -0.2) is 0 Å². The van der Waals surface area contributed by atoms with Crippen LogP contribution in [0.25, 0.3) is 10.9 Å². The van der Waals surface area contributed by atoms with Crippen molar-refractivity contribution in [1.29, 1.82) is 0 Å². The quantitative estimate of drug-likeness (QED) is 0.729. The first-order valence-electron chi connectivity index (χ1n) is 7.84. The van der Waals surface area contributed by atoms with Crippen molar-refractivity contribution in [2.45, 2.75) is 19.8 Å². The second kappa shape index (κ2) is 4.92. The van der Waals surface area contributed by atoms with E-state index in [9.17, 15) is 9.59 Å². The monoisotopic (exact) mass is 303 g/mol.